The summed E-state index contributed by atoms with van der Waals surface area (Å²) in [6, 6.07) is 7.90. The van der Waals surface area contributed by atoms with Crippen molar-refractivity contribution in [3.05, 3.63) is 29.8 Å². The molecule has 0 aliphatic carbocycles. The Morgan fingerprint density at radius 1 is 1.32 bits per heavy atom. The number of benzene rings is 1. The van der Waals surface area contributed by atoms with E-state index in [0.29, 0.717) is 11.7 Å². The molecule has 1 aromatic heterocycles. The number of amides is 1. The molecule has 2 aromatic rings. The maximum absolute atomic E-state index is 12.1. The molecule has 0 aliphatic heterocycles. The molecule has 118 valence electrons. The van der Waals surface area contributed by atoms with Gasteiger partial charge < -0.3 is 10.6 Å². The third-order valence-corrected chi connectivity index (χ3v) is 4.93. The Balaban J connectivity index is 1.90. The van der Waals surface area contributed by atoms with Crippen LogP contribution in [-0.4, -0.2) is 28.4 Å². The first kappa shape index (κ1) is 16.8. The van der Waals surface area contributed by atoms with Crippen molar-refractivity contribution in [1.82, 2.24) is 10.2 Å². The SMILES string of the molecule is CCNc1nnc(SCC(=O)Nc2ccccc2C(C)C)s1. The first-order valence-corrected chi connectivity index (χ1v) is 8.99. The molecule has 0 radical (unpaired) electrons. The van der Waals surface area contributed by atoms with Crippen LogP contribution in [0.1, 0.15) is 32.3 Å². The zero-order valence-corrected chi connectivity index (χ0v) is 14.6. The van der Waals surface area contributed by atoms with Gasteiger partial charge in [-0.15, -0.1) is 10.2 Å². The summed E-state index contributed by atoms with van der Waals surface area (Å²) >= 11 is 2.87. The lowest BCUT2D eigenvalue weighted by molar-refractivity contribution is -0.113. The summed E-state index contributed by atoms with van der Waals surface area (Å²) in [6.07, 6.45) is 0. The van der Waals surface area contributed by atoms with Crippen molar-refractivity contribution in [2.45, 2.75) is 31.0 Å². The normalized spacial score (nSPS) is 10.7. The van der Waals surface area contributed by atoms with Crippen molar-refractivity contribution < 1.29 is 4.79 Å². The van der Waals surface area contributed by atoms with E-state index in [9.17, 15) is 4.79 Å². The van der Waals surface area contributed by atoms with Gasteiger partial charge in [0.05, 0.1) is 5.75 Å². The molecule has 0 unspecified atom stereocenters. The zero-order valence-electron chi connectivity index (χ0n) is 12.9. The van der Waals surface area contributed by atoms with E-state index in [1.807, 2.05) is 31.2 Å². The molecule has 7 heteroatoms. The highest BCUT2D eigenvalue weighted by atomic mass is 32.2. The summed E-state index contributed by atoms with van der Waals surface area (Å²) in [5, 5.41) is 14.9. The van der Waals surface area contributed by atoms with E-state index in [-0.39, 0.29) is 5.91 Å². The molecule has 2 N–H and O–H groups in total. The molecule has 1 aromatic carbocycles. The van der Waals surface area contributed by atoms with Crippen molar-refractivity contribution in [1.29, 1.82) is 0 Å². The molecular formula is C15H20N4OS2. The highest BCUT2D eigenvalue weighted by molar-refractivity contribution is 8.01. The highest BCUT2D eigenvalue weighted by Crippen LogP contribution is 2.27. The van der Waals surface area contributed by atoms with Crippen LogP contribution < -0.4 is 10.6 Å². The predicted molar refractivity (Wildman–Crippen MR) is 94.0 cm³/mol. The van der Waals surface area contributed by atoms with E-state index in [4.69, 9.17) is 0 Å². The fourth-order valence-electron chi connectivity index (χ4n) is 1.92. The average molecular weight is 336 g/mol. The lowest BCUT2D eigenvalue weighted by Crippen LogP contribution is -2.15. The van der Waals surface area contributed by atoms with Gasteiger partial charge in [-0.05, 0) is 24.5 Å². The molecule has 22 heavy (non-hydrogen) atoms. The molecule has 0 atom stereocenters. The minimum Gasteiger partial charge on any atom is -0.360 e. The molecule has 5 nitrogen and oxygen atoms in total. The minimum absolute atomic E-state index is 0.0294. The molecule has 0 saturated heterocycles. The molecule has 2 rings (SSSR count). The van der Waals surface area contributed by atoms with E-state index in [0.717, 1.165) is 27.3 Å². The Hall–Kier alpha value is -1.60. The standard InChI is InChI=1S/C15H20N4OS2/c1-4-16-14-18-19-15(22-14)21-9-13(20)17-12-8-6-5-7-11(12)10(2)3/h5-8,10H,4,9H2,1-3H3,(H,16,18)(H,17,20). The molecule has 0 saturated carbocycles. The van der Waals surface area contributed by atoms with Gasteiger partial charge in [0.15, 0.2) is 4.34 Å². The fourth-order valence-corrected chi connectivity index (χ4v) is 3.54. The van der Waals surface area contributed by atoms with Gasteiger partial charge in [-0.3, -0.25) is 4.79 Å². The highest BCUT2D eigenvalue weighted by Gasteiger charge is 2.11. The fraction of sp³-hybridized carbons (Fsp3) is 0.400. The van der Waals surface area contributed by atoms with Crippen LogP contribution in [0.15, 0.2) is 28.6 Å². The Morgan fingerprint density at radius 2 is 2.09 bits per heavy atom. The summed E-state index contributed by atoms with van der Waals surface area (Å²) in [7, 11) is 0. The Morgan fingerprint density at radius 3 is 2.82 bits per heavy atom. The number of anilines is 2. The van der Waals surface area contributed by atoms with Crippen LogP contribution in [0, 0.1) is 0 Å². The second-order valence-corrected chi connectivity index (χ2v) is 7.18. The van der Waals surface area contributed by atoms with Gasteiger partial charge in [-0.2, -0.15) is 0 Å². The van der Waals surface area contributed by atoms with Crippen molar-refractivity contribution in [2.24, 2.45) is 0 Å². The monoisotopic (exact) mass is 336 g/mol. The number of aromatic nitrogens is 2. The predicted octanol–water partition coefficient (Wildman–Crippen LogP) is 3.82. The van der Waals surface area contributed by atoms with Gasteiger partial charge in [-0.25, -0.2) is 0 Å². The van der Waals surface area contributed by atoms with Crippen molar-refractivity contribution >= 4 is 39.8 Å². The summed E-state index contributed by atoms with van der Waals surface area (Å²) in [5.41, 5.74) is 2.03. The topological polar surface area (TPSA) is 66.9 Å². The van der Waals surface area contributed by atoms with Crippen LogP contribution in [0.2, 0.25) is 0 Å². The van der Waals surface area contributed by atoms with Gasteiger partial charge in [0.1, 0.15) is 0 Å². The number of hydrogen-bond acceptors (Lipinski definition) is 6. The van der Waals surface area contributed by atoms with E-state index < -0.39 is 0 Å². The Labute approximate surface area is 138 Å². The third kappa shape index (κ3) is 4.71. The molecule has 1 heterocycles. The smallest absolute Gasteiger partial charge is 0.234 e. The number of para-hydroxylation sites is 1. The first-order valence-electron chi connectivity index (χ1n) is 7.19. The Bertz CT molecular complexity index is 628. The second kappa shape index (κ2) is 8.14. The largest absolute Gasteiger partial charge is 0.360 e. The summed E-state index contributed by atoms with van der Waals surface area (Å²) < 4.78 is 0.795. The van der Waals surface area contributed by atoms with Gasteiger partial charge in [0.2, 0.25) is 11.0 Å². The summed E-state index contributed by atoms with van der Waals surface area (Å²) in [6.45, 7) is 7.05. The Kier molecular flexibility index (Phi) is 6.21. The van der Waals surface area contributed by atoms with Crippen LogP contribution in [0.4, 0.5) is 10.8 Å². The van der Waals surface area contributed by atoms with Gasteiger partial charge in [-0.1, -0.05) is 55.1 Å². The zero-order chi connectivity index (χ0) is 15.9. The number of rotatable bonds is 7. The number of nitrogens with zero attached hydrogens (tertiary/aromatic N) is 2. The van der Waals surface area contributed by atoms with Crippen LogP contribution in [0.25, 0.3) is 0 Å². The van der Waals surface area contributed by atoms with E-state index in [2.05, 4.69) is 34.7 Å². The lowest BCUT2D eigenvalue weighted by atomic mass is 10.0. The van der Waals surface area contributed by atoms with Crippen molar-refractivity contribution in [3.63, 3.8) is 0 Å². The third-order valence-electron chi connectivity index (χ3n) is 2.92. The number of carbonyl (C=O) groups excluding carboxylic acids is 1. The maximum Gasteiger partial charge on any atom is 0.234 e. The summed E-state index contributed by atoms with van der Waals surface area (Å²) in [5.74, 6) is 0.668. The van der Waals surface area contributed by atoms with Crippen LogP contribution in [-0.2, 0) is 4.79 Å². The minimum atomic E-state index is -0.0294. The van der Waals surface area contributed by atoms with Crippen LogP contribution in [0.3, 0.4) is 0 Å². The molecule has 1 amide bonds. The van der Waals surface area contributed by atoms with E-state index >= 15 is 0 Å². The second-order valence-electron chi connectivity index (χ2n) is 4.98. The van der Waals surface area contributed by atoms with E-state index in [1.54, 1.807) is 0 Å². The lowest BCUT2D eigenvalue weighted by Gasteiger charge is -2.13. The first-order chi connectivity index (χ1) is 10.6. The summed E-state index contributed by atoms with van der Waals surface area (Å²) in [4.78, 5) is 12.1. The van der Waals surface area contributed by atoms with E-state index in [1.165, 1.54) is 23.1 Å². The number of nitrogens with one attached hydrogen (secondary N) is 2. The number of carbonyl (C=O) groups is 1. The van der Waals surface area contributed by atoms with Crippen molar-refractivity contribution in [2.75, 3.05) is 22.9 Å². The molecule has 0 bridgehead atoms. The number of hydrogen-bond donors (Lipinski definition) is 2. The molecular weight excluding hydrogens is 316 g/mol. The van der Waals surface area contributed by atoms with Crippen LogP contribution >= 0.6 is 23.1 Å². The van der Waals surface area contributed by atoms with Crippen molar-refractivity contribution in [3.8, 4) is 0 Å². The number of thioether (sulfide) groups is 1. The maximum atomic E-state index is 12.1. The molecule has 0 fully saturated rings. The molecule has 0 spiro atoms. The average Bonchev–Trinajstić information content (AvgIpc) is 2.94. The van der Waals surface area contributed by atoms with Gasteiger partial charge >= 0.3 is 0 Å². The molecule has 0 aliphatic rings. The van der Waals surface area contributed by atoms with Gasteiger partial charge in [0.25, 0.3) is 0 Å². The van der Waals surface area contributed by atoms with Crippen LogP contribution in [0.5, 0.6) is 0 Å². The van der Waals surface area contributed by atoms with Gasteiger partial charge in [0, 0.05) is 12.2 Å². The quantitative estimate of drug-likeness (QED) is 0.752.